The number of nitrogens with one attached hydrogen (secondary N) is 4. The van der Waals surface area contributed by atoms with Crippen molar-refractivity contribution in [2.45, 2.75) is 12.7 Å². The number of fused-ring (bicyclic) bond motifs is 1. The predicted molar refractivity (Wildman–Crippen MR) is 64.5 cm³/mol. The lowest BCUT2D eigenvalue weighted by molar-refractivity contribution is 0.456. The van der Waals surface area contributed by atoms with Crippen LogP contribution >= 0.6 is 0 Å². The summed E-state index contributed by atoms with van der Waals surface area (Å²) in [5, 5.41) is 0.512. The highest BCUT2D eigenvalue weighted by Crippen LogP contribution is 2.12. The Hall–Kier alpha value is -1.80. The first-order valence-electron chi connectivity index (χ1n) is 5.54. The van der Waals surface area contributed by atoms with Gasteiger partial charge in [0.25, 0.3) is 0 Å². The van der Waals surface area contributed by atoms with Gasteiger partial charge in [0.2, 0.25) is 0 Å². The summed E-state index contributed by atoms with van der Waals surface area (Å²) in [6.07, 6.45) is 1.60. The summed E-state index contributed by atoms with van der Waals surface area (Å²) in [6, 6.07) is 5.65. The van der Waals surface area contributed by atoms with E-state index >= 15 is 0 Å². The Labute approximate surface area is 102 Å². The molecule has 0 aliphatic carbocycles. The van der Waals surface area contributed by atoms with Gasteiger partial charge in [0, 0.05) is 17.6 Å². The van der Waals surface area contributed by atoms with Crippen molar-refractivity contribution >= 4 is 10.9 Å². The summed E-state index contributed by atoms with van der Waals surface area (Å²) in [7, 11) is 0. The van der Waals surface area contributed by atoms with Gasteiger partial charge in [0.05, 0.1) is 12.1 Å². The van der Waals surface area contributed by atoms with Gasteiger partial charge in [-0.3, -0.25) is 4.79 Å². The zero-order valence-corrected chi connectivity index (χ0v) is 9.40. The highest BCUT2D eigenvalue weighted by Gasteiger charge is 2.14. The molecule has 1 aliphatic rings. The second-order valence-electron chi connectivity index (χ2n) is 4.09. The summed E-state index contributed by atoms with van der Waals surface area (Å²) < 4.78 is 15.1. The Bertz CT molecular complexity index is 635. The minimum atomic E-state index is -0.356. The molecule has 0 saturated carbocycles. The van der Waals surface area contributed by atoms with E-state index in [4.69, 9.17) is 0 Å². The van der Waals surface area contributed by atoms with Crippen LogP contribution in [0.1, 0.15) is 0 Å². The minimum Gasteiger partial charge on any atom is -0.344 e. The lowest BCUT2D eigenvalue weighted by atomic mass is 10.2. The number of pyridine rings is 1. The minimum absolute atomic E-state index is 0.0565. The van der Waals surface area contributed by atoms with Gasteiger partial charge in [0.15, 0.2) is 5.43 Å². The SMILES string of the molecule is O=c1ccn(CC2NNNN2)c2cc(F)ccc12. The van der Waals surface area contributed by atoms with Gasteiger partial charge in [-0.05, 0) is 18.2 Å². The largest absolute Gasteiger partial charge is 0.344 e. The lowest BCUT2D eigenvalue weighted by Gasteiger charge is -2.14. The summed E-state index contributed by atoms with van der Waals surface area (Å²) in [6.45, 7) is 0.542. The van der Waals surface area contributed by atoms with Crippen molar-refractivity contribution in [1.29, 1.82) is 0 Å². The van der Waals surface area contributed by atoms with Crippen LogP contribution in [-0.4, -0.2) is 10.7 Å². The van der Waals surface area contributed by atoms with Crippen LogP contribution in [-0.2, 0) is 6.54 Å². The smallest absolute Gasteiger partial charge is 0.189 e. The van der Waals surface area contributed by atoms with Gasteiger partial charge in [-0.25, -0.2) is 15.2 Å². The topological polar surface area (TPSA) is 70.1 Å². The third kappa shape index (κ3) is 2.00. The molecule has 0 atom stereocenters. The van der Waals surface area contributed by atoms with E-state index in [0.717, 1.165) is 0 Å². The number of halogens is 1. The van der Waals surface area contributed by atoms with Crippen LogP contribution in [0.3, 0.4) is 0 Å². The third-order valence-corrected chi connectivity index (χ3v) is 2.88. The molecule has 0 bridgehead atoms. The van der Waals surface area contributed by atoms with E-state index in [9.17, 15) is 9.18 Å². The highest BCUT2D eigenvalue weighted by atomic mass is 19.1. The van der Waals surface area contributed by atoms with E-state index in [1.165, 1.54) is 24.3 Å². The summed E-state index contributed by atoms with van der Waals surface area (Å²) in [5.41, 5.74) is 11.7. The quantitative estimate of drug-likeness (QED) is 0.582. The van der Waals surface area contributed by atoms with E-state index in [1.807, 2.05) is 4.57 Å². The molecular formula is C11H12FN5O. The van der Waals surface area contributed by atoms with E-state index in [2.05, 4.69) is 21.9 Å². The Morgan fingerprint density at radius 1 is 1.22 bits per heavy atom. The fourth-order valence-corrected chi connectivity index (χ4v) is 2.01. The maximum absolute atomic E-state index is 13.3. The van der Waals surface area contributed by atoms with E-state index < -0.39 is 0 Å². The number of rotatable bonds is 2. The Morgan fingerprint density at radius 2 is 2.00 bits per heavy atom. The fraction of sp³-hybridized carbons (Fsp3) is 0.182. The van der Waals surface area contributed by atoms with Gasteiger partial charge in [0.1, 0.15) is 12.0 Å². The molecule has 2 heterocycles. The molecule has 7 heteroatoms. The van der Waals surface area contributed by atoms with Crippen LogP contribution in [0.2, 0.25) is 0 Å². The van der Waals surface area contributed by atoms with Crippen LogP contribution in [0.4, 0.5) is 4.39 Å². The zero-order valence-electron chi connectivity index (χ0n) is 9.40. The molecule has 3 rings (SSSR count). The van der Waals surface area contributed by atoms with Crippen LogP contribution in [0.5, 0.6) is 0 Å². The first-order chi connectivity index (χ1) is 8.74. The highest BCUT2D eigenvalue weighted by molar-refractivity contribution is 5.78. The van der Waals surface area contributed by atoms with Gasteiger partial charge >= 0.3 is 0 Å². The molecule has 6 nitrogen and oxygen atoms in total. The zero-order chi connectivity index (χ0) is 12.5. The van der Waals surface area contributed by atoms with Crippen molar-refractivity contribution in [1.82, 2.24) is 26.5 Å². The molecule has 0 unspecified atom stereocenters. The molecule has 4 N–H and O–H groups in total. The second kappa shape index (κ2) is 4.46. The number of nitrogens with zero attached hydrogens (tertiary/aromatic N) is 1. The molecular weight excluding hydrogens is 237 g/mol. The van der Waals surface area contributed by atoms with Crippen LogP contribution in [0.25, 0.3) is 10.9 Å². The molecule has 18 heavy (non-hydrogen) atoms. The third-order valence-electron chi connectivity index (χ3n) is 2.88. The predicted octanol–water partition coefficient (Wildman–Crippen LogP) is -0.416. The molecule has 2 aromatic rings. The molecule has 0 spiro atoms. The van der Waals surface area contributed by atoms with Crippen molar-refractivity contribution in [3.8, 4) is 0 Å². The Balaban J connectivity index is 2.07. The first kappa shape index (κ1) is 11.3. The average molecular weight is 249 g/mol. The van der Waals surface area contributed by atoms with Crippen molar-refractivity contribution in [2.75, 3.05) is 0 Å². The van der Waals surface area contributed by atoms with Gasteiger partial charge < -0.3 is 4.57 Å². The molecule has 1 saturated heterocycles. The molecule has 1 fully saturated rings. The van der Waals surface area contributed by atoms with Crippen LogP contribution < -0.4 is 27.3 Å². The van der Waals surface area contributed by atoms with Crippen molar-refractivity contribution < 1.29 is 4.39 Å². The molecule has 1 aromatic carbocycles. The van der Waals surface area contributed by atoms with Gasteiger partial charge in [-0.15, -0.1) is 0 Å². The van der Waals surface area contributed by atoms with Crippen molar-refractivity contribution in [2.24, 2.45) is 0 Å². The Kier molecular flexibility index (Phi) is 2.80. The number of hydrazine groups is 3. The van der Waals surface area contributed by atoms with E-state index in [-0.39, 0.29) is 17.4 Å². The maximum atomic E-state index is 13.3. The number of aromatic nitrogens is 1. The Morgan fingerprint density at radius 3 is 2.78 bits per heavy atom. The van der Waals surface area contributed by atoms with Crippen molar-refractivity contribution in [3.05, 3.63) is 46.5 Å². The average Bonchev–Trinajstić information content (AvgIpc) is 2.86. The summed E-state index contributed by atoms with van der Waals surface area (Å²) in [4.78, 5) is 11.7. The number of hydrogen-bond acceptors (Lipinski definition) is 5. The van der Waals surface area contributed by atoms with Crippen LogP contribution in [0, 0.1) is 5.82 Å². The number of hydrogen-bond donors (Lipinski definition) is 4. The fourth-order valence-electron chi connectivity index (χ4n) is 2.01. The number of benzene rings is 1. The maximum Gasteiger partial charge on any atom is 0.189 e. The standard InChI is InChI=1S/C11H12FN5O/c12-7-1-2-8-9(5-7)17(4-3-10(8)18)6-11-13-15-16-14-11/h1-5,11,13-16H,6H2. The molecule has 1 aromatic heterocycles. The van der Waals surface area contributed by atoms with Crippen LogP contribution in [0.15, 0.2) is 35.3 Å². The van der Waals surface area contributed by atoms with E-state index in [1.54, 1.807) is 6.20 Å². The first-order valence-corrected chi connectivity index (χ1v) is 5.54. The summed E-state index contributed by atoms with van der Waals surface area (Å²) >= 11 is 0. The molecule has 0 amide bonds. The normalized spacial score (nSPS) is 16.5. The monoisotopic (exact) mass is 249 g/mol. The van der Waals surface area contributed by atoms with E-state index in [0.29, 0.717) is 17.4 Å². The van der Waals surface area contributed by atoms with Gasteiger partial charge in [-0.1, -0.05) is 0 Å². The van der Waals surface area contributed by atoms with Crippen molar-refractivity contribution in [3.63, 3.8) is 0 Å². The molecule has 94 valence electrons. The van der Waals surface area contributed by atoms with Gasteiger partial charge in [-0.2, -0.15) is 11.1 Å². The summed E-state index contributed by atoms with van der Waals surface area (Å²) in [5.74, 6) is -0.356. The second-order valence-corrected chi connectivity index (χ2v) is 4.09. The molecule has 0 radical (unpaired) electrons. The molecule has 1 aliphatic heterocycles. The lowest BCUT2D eigenvalue weighted by Crippen LogP contribution is -2.38.